The van der Waals surface area contributed by atoms with Crippen LogP contribution in [0.4, 0.5) is 0 Å². The van der Waals surface area contributed by atoms with E-state index in [2.05, 4.69) is 24.2 Å². The van der Waals surface area contributed by atoms with E-state index in [0.717, 1.165) is 29.3 Å². The summed E-state index contributed by atoms with van der Waals surface area (Å²) in [5, 5.41) is 4.36. The highest BCUT2D eigenvalue weighted by atomic mass is 16.5. The lowest BCUT2D eigenvalue weighted by Gasteiger charge is -2.11. The van der Waals surface area contributed by atoms with Gasteiger partial charge in [0.05, 0.1) is 5.69 Å². The maximum atomic E-state index is 5.99. The maximum Gasteiger partial charge on any atom is 0.171 e. The summed E-state index contributed by atoms with van der Waals surface area (Å²) in [4.78, 5) is 0. The van der Waals surface area contributed by atoms with Crippen molar-refractivity contribution in [3.8, 4) is 11.5 Å². The van der Waals surface area contributed by atoms with Crippen molar-refractivity contribution in [2.75, 3.05) is 0 Å². The van der Waals surface area contributed by atoms with E-state index in [1.807, 2.05) is 38.6 Å². The van der Waals surface area contributed by atoms with Gasteiger partial charge in [0.15, 0.2) is 5.75 Å². The molecule has 0 bridgehead atoms. The zero-order chi connectivity index (χ0) is 14.9. The van der Waals surface area contributed by atoms with Crippen LogP contribution in [0.25, 0.3) is 0 Å². The summed E-state index contributed by atoms with van der Waals surface area (Å²) in [6, 6.07) is 6.32. The monoisotopic (exact) mass is 273 g/mol. The number of aromatic nitrogens is 2. The van der Waals surface area contributed by atoms with Crippen LogP contribution < -0.4 is 10.5 Å². The molecule has 0 aliphatic rings. The van der Waals surface area contributed by atoms with Crippen molar-refractivity contribution in [2.45, 2.75) is 40.2 Å². The highest BCUT2D eigenvalue weighted by Crippen LogP contribution is 2.29. The lowest BCUT2D eigenvalue weighted by molar-refractivity contribution is 0.473. The zero-order valence-corrected chi connectivity index (χ0v) is 12.9. The summed E-state index contributed by atoms with van der Waals surface area (Å²) in [5.74, 6) is 1.68. The van der Waals surface area contributed by atoms with E-state index in [1.165, 1.54) is 11.1 Å². The van der Waals surface area contributed by atoms with Crippen LogP contribution in [0, 0.1) is 20.8 Å². The van der Waals surface area contributed by atoms with Gasteiger partial charge < -0.3 is 10.5 Å². The van der Waals surface area contributed by atoms with Crippen LogP contribution in [0.2, 0.25) is 0 Å². The Morgan fingerprint density at radius 2 is 2.00 bits per heavy atom. The second-order valence-corrected chi connectivity index (χ2v) is 5.50. The molecule has 0 saturated heterocycles. The van der Waals surface area contributed by atoms with Gasteiger partial charge in [-0.1, -0.05) is 6.07 Å². The predicted octanol–water partition coefficient (Wildman–Crippen LogP) is 3.03. The van der Waals surface area contributed by atoms with Crippen molar-refractivity contribution in [2.24, 2.45) is 12.8 Å². The van der Waals surface area contributed by atoms with Gasteiger partial charge in [-0.05, 0) is 57.4 Å². The predicted molar refractivity (Wildman–Crippen MR) is 81.3 cm³/mol. The van der Waals surface area contributed by atoms with Gasteiger partial charge in [0.2, 0.25) is 0 Å². The molecule has 1 unspecified atom stereocenters. The second-order valence-electron chi connectivity index (χ2n) is 5.50. The lowest BCUT2D eigenvalue weighted by atomic mass is 10.0. The number of nitrogens with zero attached hydrogens (tertiary/aromatic N) is 2. The summed E-state index contributed by atoms with van der Waals surface area (Å²) in [5.41, 5.74) is 10.3. The van der Waals surface area contributed by atoms with Crippen molar-refractivity contribution in [3.63, 3.8) is 0 Å². The number of hydrogen-bond acceptors (Lipinski definition) is 3. The first-order chi connectivity index (χ1) is 9.38. The molecule has 20 heavy (non-hydrogen) atoms. The van der Waals surface area contributed by atoms with E-state index in [9.17, 15) is 0 Å². The molecular weight excluding hydrogens is 250 g/mol. The van der Waals surface area contributed by atoms with Gasteiger partial charge >= 0.3 is 0 Å². The molecule has 2 rings (SSSR count). The van der Waals surface area contributed by atoms with E-state index in [0.29, 0.717) is 0 Å². The van der Waals surface area contributed by atoms with Crippen LogP contribution in [0.5, 0.6) is 11.5 Å². The molecule has 0 saturated carbocycles. The third kappa shape index (κ3) is 3.02. The fourth-order valence-corrected chi connectivity index (χ4v) is 2.33. The van der Waals surface area contributed by atoms with Gasteiger partial charge in [-0.25, -0.2) is 0 Å². The Morgan fingerprint density at radius 1 is 1.30 bits per heavy atom. The SMILES string of the molecule is Cc1cc(Oc2c(C)nn(C)c2C)ccc1CC(C)N. The Hall–Kier alpha value is -1.81. The van der Waals surface area contributed by atoms with Crippen molar-refractivity contribution < 1.29 is 4.74 Å². The summed E-state index contributed by atoms with van der Waals surface area (Å²) >= 11 is 0. The smallest absolute Gasteiger partial charge is 0.171 e. The fraction of sp³-hybridized carbons (Fsp3) is 0.438. The standard InChI is InChI=1S/C16H23N3O/c1-10-8-15(7-6-14(10)9-11(2)17)20-16-12(3)18-19(5)13(16)4/h6-8,11H,9,17H2,1-5H3. The molecule has 2 N–H and O–H groups in total. The highest BCUT2D eigenvalue weighted by Gasteiger charge is 2.12. The fourth-order valence-electron chi connectivity index (χ4n) is 2.33. The number of rotatable bonds is 4. The Balaban J connectivity index is 2.24. The normalized spacial score (nSPS) is 12.5. The van der Waals surface area contributed by atoms with Crippen LogP contribution in [-0.4, -0.2) is 15.8 Å². The summed E-state index contributed by atoms with van der Waals surface area (Å²) in [6.45, 7) is 8.08. The van der Waals surface area contributed by atoms with E-state index >= 15 is 0 Å². The van der Waals surface area contributed by atoms with Gasteiger partial charge in [0.1, 0.15) is 11.4 Å². The lowest BCUT2D eigenvalue weighted by Crippen LogP contribution is -2.18. The molecule has 4 nitrogen and oxygen atoms in total. The van der Waals surface area contributed by atoms with Crippen molar-refractivity contribution in [1.82, 2.24) is 9.78 Å². The van der Waals surface area contributed by atoms with E-state index < -0.39 is 0 Å². The van der Waals surface area contributed by atoms with E-state index in [1.54, 1.807) is 0 Å². The largest absolute Gasteiger partial charge is 0.453 e. The van der Waals surface area contributed by atoms with Crippen LogP contribution in [-0.2, 0) is 13.5 Å². The third-order valence-electron chi connectivity index (χ3n) is 3.52. The molecule has 1 aromatic carbocycles. The minimum Gasteiger partial charge on any atom is -0.453 e. The second kappa shape index (κ2) is 5.67. The summed E-state index contributed by atoms with van der Waals surface area (Å²) in [7, 11) is 1.92. The molecule has 0 spiro atoms. The molecule has 108 valence electrons. The van der Waals surface area contributed by atoms with Gasteiger partial charge in [-0.15, -0.1) is 0 Å². The third-order valence-corrected chi connectivity index (χ3v) is 3.52. The molecule has 0 amide bonds. The van der Waals surface area contributed by atoms with Crippen molar-refractivity contribution in [1.29, 1.82) is 0 Å². The summed E-state index contributed by atoms with van der Waals surface area (Å²) in [6.07, 6.45) is 0.886. The average molecular weight is 273 g/mol. The number of benzene rings is 1. The molecule has 2 aromatic rings. The van der Waals surface area contributed by atoms with Crippen molar-refractivity contribution in [3.05, 3.63) is 40.7 Å². The van der Waals surface area contributed by atoms with Crippen LogP contribution in [0.3, 0.4) is 0 Å². The highest BCUT2D eigenvalue weighted by molar-refractivity contribution is 5.41. The summed E-state index contributed by atoms with van der Waals surface area (Å²) < 4.78 is 7.82. The Morgan fingerprint density at radius 3 is 2.50 bits per heavy atom. The first-order valence-electron chi connectivity index (χ1n) is 6.91. The van der Waals surface area contributed by atoms with E-state index in [4.69, 9.17) is 10.5 Å². The Bertz CT molecular complexity index is 614. The number of ether oxygens (including phenoxy) is 1. The number of hydrogen-bond donors (Lipinski definition) is 1. The molecule has 1 atom stereocenters. The minimum atomic E-state index is 0.170. The Labute approximate surface area is 120 Å². The average Bonchev–Trinajstić information content (AvgIpc) is 2.59. The molecule has 1 heterocycles. The minimum absolute atomic E-state index is 0.170. The Kier molecular flexibility index (Phi) is 4.14. The van der Waals surface area contributed by atoms with Gasteiger partial charge in [-0.2, -0.15) is 5.10 Å². The molecule has 0 aliphatic heterocycles. The molecule has 0 radical (unpaired) electrons. The van der Waals surface area contributed by atoms with Crippen LogP contribution in [0.15, 0.2) is 18.2 Å². The molecule has 1 aromatic heterocycles. The zero-order valence-electron chi connectivity index (χ0n) is 12.9. The topological polar surface area (TPSA) is 53.1 Å². The van der Waals surface area contributed by atoms with Gasteiger partial charge in [-0.3, -0.25) is 4.68 Å². The molecule has 0 aliphatic carbocycles. The molecule has 0 fully saturated rings. The van der Waals surface area contributed by atoms with Crippen molar-refractivity contribution >= 4 is 0 Å². The first-order valence-corrected chi connectivity index (χ1v) is 6.91. The quantitative estimate of drug-likeness (QED) is 0.931. The van der Waals surface area contributed by atoms with Crippen LogP contribution in [0.1, 0.15) is 29.4 Å². The number of nitrogens with two attached hydrogens (primary N) is 1. The van der Waals surface area contributed by atoms with E-state index in [-0.39, 0.29) is 6.04 Å². The van der Waals surface area contributed by atoms with Gasteiger partial charge in [0, 0.05) is 13.1 Å². The maximum absolute atomic E-state index is 5.99. The molecular formula is C16H23N3O. The van der Waals surface area contributed by atoms with Gasteiger partial charge in [0.25, 0.3) is 0 Å². The first kappa shape index (κ1) is 14.6. The van der Waals surface area contributed by atoms with Crippen LogP contribution >= 0.6 is 0 Å². The molecule has 4 heteroatoms. The number of aryl methyl sites for hydroxylation is 3.